The first kappa shape index (κ1) is 11.0. The minimum absolute atomic E-state index is 0.0224. The van der Waals surface area contributed by atoms with Crippen LogP contribution in [0.1, 0.15) is 31.0 Å². The van der Waals surface area contributed by atoms with Crippen LogP contribution < -0.4 is 0 Å². The molecule has 16 heavy (non-hydrogen) atoms. The van der Waals surface area contributed by atoms with Crippen LogP contribution in [-0.4, -0.2) is 6.10 Å². The van der Waals surface area contributed by atoms with Gasteiger partial charge in [0, 0.05) is 4.91 Å². The quantitative estimate of drug-likeness (QED) is 0.424. The molecular formula is C12H15N3O. The summed E-state index contributed by atoms with van der Waals surface area (Å²) in [4.78, 5) is 2.94. The van der Waals surface area contributed by atoms with Crippen LogP contribution in [0.15, 0.2) is 29.4 Å². The molecule has 4 heteroatoms. The standard InChI is InChI=1S/C12H15N3O/c1-8(2)12-11(14-15-13)10-6-4-3-5-9(10)7-16-12/h3-6,8,11-12H,7H2,1-2H3. The topological polar surface area (TPSA) is 58.0 Å². The number of hydrogen-bond donors (Lipinski definition) is 0. The summed E-state index contributed by atoms with van der Waals surface area (Å²) >= 11 is 0. The van der Waals surface area contributed by atoms with Crippen LogP contribution in [-0.2, 0) is 11.3 Å². The van der Waals surface area contributed by atoms with Crippen LogP contribution in [0.3, 0.4) is 0 Å². The van der Waals surface area contributed by atoms with Crippen molar-refractivity contribution < 1.29 is 4.74 Å². The predicted molar refractivity (Wildman–Crippen MR) is 61.7 cm³/mol. The summed E-state index contributed by atoms with van der Waals surface area (Å²) in [6.07, 6.45) is -0.0224. The summed E-state index contributed by atoms with van der Waals surface area (Å²) in [6.45, 7) is 4.77. The third kappa shape index (κ3) is 1.90. The van der Waals surface area contributed by atoms with E-state index in [1.54, 1.807) is 0 Å². The lowest BCUT2D eigenvalue weighted by Gasteiger charge is -2.33. The lowest BCUT2D eigenvalue weighted by Crippen LogP contribution is -2.31. The fraction of sp³-hybridized carbons (Fsp3) is 0.500. The number of azide groups is 1. The maximum atomic E-state index is 8.65. The van der Waals surface area contributed by atoms with Crippen LogP contribution in [0.25, 0.3) is 10.4 Å². The fourth-order valence-corrected chi connectivity index (χ4v) is 2.15. The highest BCUT2D eigenvalue weighted by Crippen LogP contribution is 2.35. The summed E-state index contributed by atoms with van der Waals surface area (Å²) < 4.78 is 5.77. The van der Waals surface area contributed by atoms with Crippen molar-refractivity contribution in [3.8, 4) is 0 Å². The van der Waals surface area contributed by atoms with E-state index in [4.69, 9.17) is 10.3 Å². The minimum Gasteiger partial charge on any atom is -0.372 e. The second-order valence-electron chi connectivity index (χ2n) is 4.37. The number of rotatable bonds is 2. The SMILES string of the molecule is CC(C)C1OCc2ccccc2C1N=[N+]=[N-]. The van der Waals surface area contributed by atoms with Gasteiger partial charge in [-0.2, -0.15) is 0 Å². The summed E-state index contributed by atoms with van der Waals surface area (Å²) in [5, 5.41) is 3.88. The number of nitrogens with zero attached hydrogens (tertiary/aromatic N) is 3. The molecule has 0 fully saturated rings. The van der Waals surface area contributed by atoms with Crippen LogP contribution >= 0.6 is 0 Å². The third-order valence-electron chi connectivity index (χ3n) is 2.95. The predicted octanol–water partition coefficient (Wildman–Crippen LogP) is 3.59. The molecule has 0 radical (unpaired) electrons. The molecule has 4 nitrogen and oxygen atoms in total. The van der Waals surface area contributed by atoms with E-state index in [2.05, 4.69) is 23.9 Å². The highest BCUT2D eigenvalue weighted by molar-refractivity contribution is 5.32. The Morgan fingerprint density at radius 1 is 1.44 bits per heavy atom. The summed E-state index contributed by atoms with van der Waals surface area (Å²) in [5.41, 5.74) is 10.9. The van der Waals surface area contributed by atoms with E-state index in [0.29, 0.717) is 12.5 Å². The van der Waals surface area contributed by atoms with Crippen molar-refractivity contribution >= 4 is 0 Å². The van der Waals surface area contributed by atoms with Crippen molar-refractivity contribution in [3.05, 3.63) is 45.8 Å². The average Bonchev–Trinajstić information content (AvgIpc) is 2.29. The van der Waals surface area contributed by atoms with Gasteiger partial charge in [-0.25, -0.2) is 0 Å². The number of hydrogen-bond acceptors (Lipinski definition) is 2. The number of fused-ring (bicyclic) bond motifs is 1. The molecule has 1 aliphatic heterocycles. The summed E-state index contributed by atoms with van der Waals surface area (Å²) in [5.74, 6) is 0.337. The zero-order valence-corrected chi connectivity index (χ0v) is 9.50. The highest BCUT2D eigenvalue weighted by Gasteiger charge is 2.31. The van der Waals surface area contributed by atoms with E-state index in [-0.39, 0.29) is 12.1 Å². The van der Waals surface area contributed by atoms with Crippen LogP contribution in [0.5, 0.6) is 0 Å². The van der Waals surface area contributed by atoms with Gasteiger partial charge < -0.3 is 4.74 Å². The van der Waals surface area contributed by atoms with Crippen molar-refractivity contribution in [1.29, 1.82) is 0 Å². The molecule has 1 heterocycles. The van der Waals surface area contributed by atoms with Gasteiger partial charge in [-0.1, -0.05) is 43.2 Å². The van der Waals surface area contributed by atoms with Crippen molar-refractivity contribution in [1.82, 2.24) is 0 Å². The van der Waals surface area contributed by atoms with Crippen molar-refractivity contribution in [2.75, 3.05) is 0 Å². The van der Waals surface area contributed by atoms with E-state index in [0.717, 1.165) is 11.1 Å². The molecule has 0 aliphatic carbocycles. The zero-order chi connectivity index (χ0) is 11.5. The Bertz CT molecular complexity index is 424. The molecule has 2 unspecified atom stereocenters. The second-order valence-corrected chi connectivity index (χ2v) is 4.37. The molecule has 0 amide bonds. The smallest absolute Gasteiger partial charge is 0.0893 e. The Hall–Kier alpha value is -1.51. The van der Waals surface area contributed by atoms with Gasteiger partial charge in [0.1, 0.15) is 0 Å². The van der Waals surface area contributed by atoms with Crippen molar-refractivity contribution in [2.24, 2.45) is 11.0 Å². The number of benzene rings is 1. The van der Waals surface area contributed by atoms with Gasteiger partial charge in [0.15, 0.2) is 0 Å². The van der Waals surface area contributed by atoms with Crippen molar-refractivity contribution in [2.45, 2.75) is 32.6 Å². The molecule has 0 saturated heterocycles. The molecule has 0 bridgehead atoms. The fourth-order valence-electron chi connectivity index (χ4n) is 2.15. The molecule has 1 aliphatic rings. The van der Waals surface area contributed by atoms with Gasteiger partial charge in [-0.05, 0) is 22.6 Å². The molecule has 0 saturated carbocycles. The second kappa shape index (κ2) is 4.56. The van der Waals surface area contributed by atoms with Gasteiger partial charge in [0.05, 0.1) is 18.8 Å². The number of ether oxygens (including phenoxy) is 1. The van der Waals surface area contributed by atoms with Crippen LogP contribution in [0, 0.1) is 5.92 Å². The Labute approximate surface area is 94.9 Å². The van der Waals surface area contributed by atoms with Crippen LogP contribution in [0.2, 0.25) is 0 Å². The molecule has 84 valence electrons. The third-order valence-corrected chi connectivity index (χ3v) is 2.95. The Balaban J connectivity index is 2.43. The van der Waals surface area contributed by atoms with E-state index in [1.807, 2.05) is 24.3 Å². The molecule has 0 N–H and O–H groups in total. The molecule has 2 atom stereocenters. The van der Waals surface area contributed by atoms with E-state index in [9.17, 15) is 0 Å². The Morgan fingerprint density at radius 3 is 2.88 bits per heavy atom. The first-order valence-electron chi connectivity index (χ1n) is 5.47. The van der Waals surface area contributed by atoms with Gasteiger partial charge in [0.2, 0.25) is 0 Å². The minimum atomic E-state index is -0.199. The highest BCUT2D eigenvalue weighted by atomic mass is 16.5. The van der Waals surface area contributed by atoms with E-state index < -0.39 is 0 Å². The maximum Gasteiger partial charge on any atom is 0.0893 e. The van der Waals surface area contributed by atoms with Gasteiger partial charge in [-0.3, -0.25) is 0 Å². The van der Waals surface area contributed by atoms with Gasteiger partial charge in [0.25, 0.3) is 0 Å². The molecule has 0 spiro atoms. The zero-order valence-electron chi connectivity index (χ0n) is 9.50. The Kier molecular flexibility index (Phi) is 3.13. The van der Waals surface area contributed by atoms with Crippen LogP contribution in [0.4, 0.5) is 0 Å². The average molecular weight is 217 g/mol. The first-order chi connectivity index (χ1) is 7.74. The van der Waals surface area contributed by atoms with Crippen molar-refractivity contribution in [3.63, 3.8) is 0 Å². The normalized spacial score (nSPS) is 23.7. The molecule has 1 aromatic carbocycles. The van der Waals surface area contributed by atoms with Gasteiger partial charge in [-0.15, -0.1) is 0 Å². The summed E-state index contributed by atoms with van der Waals surface area (Å²) in [7, 11) is 0. The first-order valence-corrected chi connectivity index (χ1v) is 5.47. The Morgan fingerprint density at radius 2 is 2.19 bits per heavy atom. The molecular weight excluding hydrogens is 202 g/mol. The molecule has 1 aromatic rings. The largest absolute Gasteiger partial charge is 0.372 e. The monoisotopic (exact) mass is 217 g/mol. The lowest BCUT2D eigenvalue weighted by atomic mass is 9.89. The molecule has 2 rings (SSSR count). The van der Waals surface area contributed by atoms with E-state index >= 15 is 0 Å². The molecule has 0 aromatic heterocycles. The maximum absolute atomic E-state index is 8.65. The van der Waals surface area contributed by atoms with Gasteiger partial charge >= 0.3 is 0 Å². The van der Waals surface area contributed by atoms with E-state index in [1.165, 1.54) is 0 Å². The summed E-state index contributed by atoms with van der Waals surface area (Å²) in [6, 6.07) is 7.79. The lowest BCUT2D eigenvalue weighted by molar-refractivity contribution is -0.0193.